The Morgan fingerprint density at radius 2 is 1.93 bits per heavy atom. The monoisotopic (exact) mass is 394 g/mol. The smallest absolute Gasteiger partial charge is 0.331 e. The van der Waals surface area contributed by atoms with Crippen LogP contribution in [0.4, 0.5) is 4.39 Å². The van der Waals surface area contributed by atoms with Crippen LogP contribution in [0, 0.1) is 12.7 Å². The second-order valence-electron chi connectivity index (χ2n) is 6.49. The van der Waals surface area contributed by atoms with E-state index in [0.29, 0.717) is 24.1 Å². The van der Waals surface area contributed by atoms with E-state index in [4.69, 9.17) is 4.74 Å². The molecule has 8 heteroatoms. The quantitative estimate of drug-likeness (QED) is 0.733. The van der Waals surface area contributed by atoms with Gasteiger partial charge in [0.25, 0.3) is 0 Å². The number of carbonyl (C=O) groups excluding carboxylic acids is 2. The normalized spacial score (nSPS) is 13.1. The van der Waals surface area contributed by atoms with Crippen LogP contribution in [0.5, 0.6) is 0 Å². The van der Waals surface area contributed by atoms with Crippen LogP contribution in [0.2, 0.25) is 0 Å². The second kappa shape index (κ2) is 8.47. The summed E-state index contributed by atoms with van der Waals surface area (Å²) in [4.78, 5) is 37.4. The highest BCUT2D eigenvalue weighted by atomic mass is 32.1. The van der Waals surface area contributed by atoms with Crippen LogP contribution in [0.15, 0.2) is 29.1 Å². The molecule has 0 saturated heterocycles. The Hall–Kier alpha value is -2.48. The van der Waals surface area contributed by atoms with Crippen molar-refractivity contribution in [3.05, 3.63) is 44.6 Å². The minimum Gasteiger partial charge on any atom is -0.467 e. The predicted octanol–water partition coefficient (Wildman–Crippen LogP) is 2.87. The Morgan fingerprint density at radius 1 is 1.30 bits per heavy atom. The summed E-state index contributed by atoms with van der Waals surface area (Å²) in [5.41, 5.74) is 0.0467. The molecule has 0 unspecified atom stereocenters. The number of esters is 1. The third-order valence-electron chi connectivity index (χ3n) is 4.28. The Kier molecular flexibility index (Phi) is 6.54. The summed E-state index contributed by atoms with van der Waals surface area (Å²) >= 11 is 1.02. The van der Waals surface area contributed by atoms with Crippen molar-refractivity contribution in [2.24, 2.45) is 0 Å². The molecule has 6 nitrogen and oxygen atoms in total. The van der Waals surface area contributed by atoms with Crippen molar-refractivity contribution in [2.45, 2.75) is 45.7 Å². The van der Waals surface area contributed by atoms with Gasteiger partial charge in [-0.05, 0) is 50.1 Å². The minimum atomic E-state index is -1.16. The molecule has 1 aromatic heterocycles. The van der Waals surface area contributed by atoms with E-state index < -0.39 is 17.4 Å². The number of nitrogens with one attached hydrogen (secondary N) is 1. The van der Waals surface area contributed by atoms with Gasteiger partial charge in [-0.1, -0.05) is 24.7 Å². The molecule has 146 valence electrons. The number of hydrogen-bond acceptors (Lipinski definition) is 5. The first-order valence-electron chi connectivity index (χ1n) is 8.57. The number of ether oxygens (including phenoxy) is 1. The SMILES string of the molecule is CCC[C@@](C)(NC(=O)Cn1c(-c2ccc(F)cc2)c(C)sc1=O)C(=O)OC. The highest BCUT2D eigenvalue weighted by molar-refractivity contribution is 7.09. The minimum absolute atomic E-state index is 0.244. The molecule has 0 spiro atoms. The van der Waals surface area contributed by atoms with Crippen LogP contribution in [-0.4, -0.2) is 29.1 Å². The molecule has 0 bridgehead atoms. The van der Waals surface area contributed by atoms with Crippen LogP contribution in [0.25, 0.3) is 11.3 Å². The number of methoxy groups -OCH3 is 1. The zero-order valence-electron chi connectivity index (χ0n) is 15.8. The molecule has 2 rings (SSSR count). The van der Waals surface area contributed by atoms with Crippen molar-refractivity contribution in [2.75, 3.05) is 7.11 Å². The third-order valence-corrected chi connectivity index (χ3v) is 5.18. The number of benzene rings is 1. The van der Waals surface area contributed by atoms with E-state index in [1.807, 2.05) is 6.92 Å². The molecule has 27 heavy (non-hydrogen) atoms. The standard InChI is InChI=1S/C19H23FN2O4S/c1-5-10-19(3,17(24)26-4)21-15(23)11-22-16(12(2)27-18(22)25)13-6-8-14(20)9-7-13/h6-9H,5,10-11H2,1-4H3,(H,21,23)/t19-/m1/s1. The summed E-state index contributed by atoms with van der Waals surface area (Å²) in [7, 11) is 1.27. The highest BCUT2D eigenvalue weighted by Crippen LogP contribution is 2.25. The van der Waals surface area contributed by atoms with Gasteiger partial charge < -0.3 is 10.1 Å². The largest absolute Gasteiger partial charge is 0.467 e. The average Bonchev–Trinajstić information content (AvgIpc) is 2.88. The number of nitrogens with zero attached hydrogens (tertiary/aromatic N) is 1. The first-order chi connectivity index (χ1) is 12.7. The van der Waals surface area contributed by atoms with Gasteiger partial charge in [-0.15, -0.1) is 0 Å². The molecule has 2 aromatic rings. The Bertz CT molecular complexity index is 888. The van der Waals surface area contributed by atoms with E-state index in [2.05, 4.69) is 5.32 Å². The van der Waals surface area contributed by atoms with Crippen molar-refractivity contribution < 1.29 is 18.7 Å². The Labute approximate surface area is 161 Å². The topological polar surface area (TPSA) is 77.4 Å². The van der Waals surface area contributed by atoms with Crippen molar-refractivity contribution >= 4 is 23.2 Å². The molecule has 0 aliphatic rings. The summed E-state index contributed by atoms with van der Waals surface area (Å²) < 4.78 is 19.3. The molecule has 0 saturated carbocycles. The molecule has 0 aliphatic heterocycles. The fourth-order valence-electron chi connectivity index (χ4n) is 3.06. The van der Waals surface area contributed by atoms with Gasteiger partial charge >= 0.3 is 10.8 Å². The van der Waals surface area contributed by atoms with Crippen LogP contribution >= 0.6 is 11.3 Å². The van der Waals surface area contributed by atoms with Gasteiger partial charge in [0.05, 0.1) is 12.8 Å². The molecule has 1 aromatic carbocycles. The first-order valence-corrected chi connectivity index (χ1v) is 9.39. The number of amides is 1. The molecule has 1 atom stereocenters. The number of aromatic nitrogens is 1. The summed E-state index contributed by atoms with van der Waals surface area (Å²) in [6.07, 6.45) is 1.08. The highest BCUT2D eigenvalue weighted by Gasteiger charge is 2.35. The fourth-order valence-corrected chi connectivity index (χ4v) is 3.91. The van der Waals surface area contributed by atoms with Gasteiger partial charge in [0.15, 0.2) is 0 Å². The van der Waals surface area contributed by atoms with E-state index >= 15 is 0 Å². The maximum absolute atomic E-state index is 13.2. The Morgan fingerprint density at radius 3 is 2.48 bits per heavy atom. The van der Waals surface area contributed by atoms with Crippen LogP contribution in [-0.2, 0) is 20.9 Å². The van der Waals surface area contributed by atoms with Crippen molar-refractivity contribution in [3.8, 4) is 11.3 Å². The molecular weight excluding hydrogens is 371 g/mol. The third kappa shape index (κ3) is 4.63. The lowest BCUT2D eigenvalue weighted by Crippen LogP contribution is -2.53. The predicted molar refractivity (Wildman–Crippen MR) is 102 cm³/mol. The van der Waals surface area contributed by atoms with Gasteiger partial charge in [-0.3, -0.25) is 14.2 Å². The molecule has 0 fully saturated rings. The van der Waals surface area contributed by atoms with Gasteiger partial charge in [0.1, 0.15) is 17.9 Å². The van der Waals surface area contributed by atoms with E-state index in [-0.39, 0.29) is 17.2 Å². The number of aryl methyl sites for hydroxylation is 1. The first kappa shape index (κ1) is 20.8. The summed E-state index contributed by atoms with van der Waals surface area (Å²) in [6.45, 7) is 5.02. The Balaban J connectivity index is 2.32. The van der Waals surface area contributed by atoms with E-state index in [9.17, 15) is 18.8 Å². The lowest BCUT2D eigenvalue weighted by molar-refractivity contribution is -0.150. The molecule has 0 aliphatic carbocycles. The number of halogens is 1. The van der Waals surface area contributed by atoms with Crippen molar-refractivity contribution in [1.29, 1.82) is 0 Å². The molecule has 0 radical (unpaired) electrons. The number of carbonyl (C=O) groups is 2. The fraction of sp³-hybridized carbons (Fsp3) is 0.421. The van der Waals surface area contributed by atoms with E-state index in [1.54, 1.807) is 26.0 Å². The van der Waals surface area contributed by atoms with Gasteiger partial charge in [-0.25, -0.2) is 9.18 Å². The average molecular weight is 394 g/mol. The number of rotatable bonds is 7. The second-order valence-corrected chi connectivity index (χ2v) is 7.65. The molecular formula is C19H23FN2O4S. The van der Waals surface area contributed by atoms with Gasteiger partial charge in [-0.2, -0.15) is 0 Å². The molecule has 1 N–H and O–H groups in total. The number of hydrogen-bond donors (Lipinski definition) is 1. The van der Waals surface area contributed by atoms with Crippen molar-refractivity contribution in [1.82, 2.24) is 9.88 Å². The maximum Gasteiger partial charge on any atom is 0.331 e. The summed E-state index contributed by atoms with van der Waals surface area (Å²) in [5.74, 6) is -1.39. The number of thiazole rings is 1. The van der Waals surface area contributed by atoms with Gasteiger partial charge in [0, 0.05) is 4.88 Å². The summed E-state index contributed by atoms with van der Waals surface area (Å²) in [5, 5.41) is 2.69. The zero-order valence-corrected chi connectivity index (χ0v) is 16.6. The van der Waals surface area contributed by atoms with Gasteiger partial charge in [0.2, 0.25) is 5.91 Å². The summed E-state index contributed by atoms with van der Waals surface area (Å²) in [6, 6.07) is 5.73. The van der Waals surface area contributed by atoms with Crippen LogP contribution < -0.4 is 10.2 Å². The molecule has 1 amide bonds. The maximum atomic E-state index is 13.2. The lowest BCUT2D eigenvalue weighted by atomic mass is 9.96. The van der Waals surface area contributed by atoms with Crippen LogP contribution in [0.1, 0.15) is 31.6 Å². The van der Waals surface area contributed by atoms with E-state index in [1.165, 1.54) is 23.8 Å². The van der Waals surface area contributed by atoms with Crippen molar-refractivity contribution in [3.63, 3.8) is 0 Å². The van der Waals surface area contributed by atoms with E-state index in [0.717, 1.165) is 16.2 Å². The molecule has 1 heterocycles. The zero-order chi connectivity index (χ0) is 20.2. The van der Waals surface area contributed by atoms with Crippen LogP contribution in [0.3, 0.4) is 0 Å². The lowest BCUT2D eigenvalue weighted by Gasteiger charge is -2.27.